The van der Waals surface area contributed by atoms with Gasteiger partial charge in [-0.2, -0.15) is 13.2 Å². The van der Waals surface area contributed by atoms with Crippen LogP contribution in [0, 0.1) is 0 Å². The molecule has 3 aliphatic rings. The van der Waals surface area contributed by atoms with E-state index in [1.807, 2.05) is 18.2 Å². The first kappa shape index (κ1) is 28.1. The van der Waals surface area contributed by atoms with Gasteiger partial charge in [-0.3, -0.25) is 24.4 Å². The molecular formula is C27H34F3N5O3S. The zero-order valence-corrected chi connectivity index (χ0v) is 22.6. The highest BCUT2D eigenvalue weighted by atomic mass is 32.2. The van der Waals surface area contributed by atoms with Crippen LogP contribution in [0.5, 0.6) is 0 Å². The summed E-state index contributed by atoms with van der Waals surface area (Å²) in [5.41, 5.74) is -0.339. The Morgan fingerprint density at radius 3 is 2.82 bits per heavy atom. The van der Waals surface area contributed by atoms with Gasteiger partial charge in [0.2, 0.25) is 5.91 Å². The summed E-state index contributed by atoms with van der Waals surface area (Å²) in [6.45, 7) is 4.01. The molecule has 5 rings (SSSR count). The van der Waals surface area contributed by atoms with Gasteiger partial charge in [0.05, 0.1) is 23.8 Å². The highest BCUT2D eigenvalue weighted by molar-refractivity contribution is 7.99. The Morgan fingerprint density at radius 2 is 2.03 bits per heavy atom. The number of ether oxygens (including phenoxy) is 1. The molecule has 0 radical (unpaired) electrons. The molecule has 5 heterocycles. The van der Waals surface area contributed by atoms with E-state index in [0.29, 0.717) is 18.7 Å². The van der Waals surface area contributed by atoms with E-state index in [9.17, 15) is 22.8 Å². The van der Waals surface area contributed by atoms with Crippen molar-refractivity contribution in [3.8, 4) is 0 Å². The smallest absolute Gasteiger partial charge is 0.381 e. The van der Waals surface area contributed by atoms with Gasteiger partial charge in [0.1, 0.15) is 0 Å². The number of halogens is 3. The van der Waals surface area contributed by atoms with Crippen molar-refractivity contribution in [1.29, 1.82) is 0 Å². The number of fused-ring (bicyclic) bond motifs is 1. The fourth-order valence-corrected chi connectivity index (χ4v) is 6.92. The monoisotopic (exact) mass is 565 g/mol. The maximum atomic E-state index is 13.2. The average Bonchev–Trinajstić information content (AvgIpc) is 3.10. The number of pyridine rings is 2. The molecule has 3 aliphatic heterocycles. The Kier molecular flexibility index (Phi) is 8.95. The topological polar surface area (TPSA) is 79.7 Å². The van der Waals surface area contributed by atoms with E-state index in [4.69, 9.17) is 4.74 Å². The standard InChI is InChI=1S/C27H34F3N5O3S/c28-27(29,30)19-12-22-14-33(8-9-35(22)26(37)13-19)17-25(36)32-23-15-34(21-5-3-10-38-11-6-21)16-24(23)39-18-20-4-1-2-7-31-20/h1-2,4,7,12-13,21,23-24H,3,5-6,8-11,14-18H2,(H,32,36)/t21?,23?,24-/m0/s1. The Balaban J connectivity index is 1.22. The third-order valence-corrected chi connectivity index (χ3v) is 9.05. The van der Waals surface area contributed by atoms with Gasteiger partial charge in [0.25, 0.3) is 5.56 Å². The fourth-order valence-electron chi connectivity index (χ4n) is 5.68. The average molecular weight is 566 g/mol. The van der Waals surface area contributed by atoms with E-state index < -0.39 is 17.3 Å². The van der Waals surface area contributed by atoms with E-state index in [-0.39, 0.29) is 42.5 Å². The van der Waals surface area contributed by atoms with Crippen molar-refractivity contribution in [1.82, 2.24) is 24.7 Å². The summed E-state index contributed by atoms with van der Waals surface area (Å²) < 4.78 is 46.7. The number of likely N-dealkylation sites (tertiary alicyclic amines) is 1. The number of alkyl halides is 3. The number of aromatic nitrogens is 2. The molecule has 0 spiro atoms. The van der Waals surface area contributed by atoms with Gasteiger partial charge in [-0.05, 0) is 37.5 Å². The molecule has 212 valence electrons. The highest BCUT2D eigenvalue weighted by Crippen LogP contribution is 2.31. The maximum absolute atomic E-state index is 13.2. The van der Waals surface area contributed by atoms with Gasteiger partial charge in [-0.15, -0.1) is 11.8 Å². The Bertz CT molecular complexity index is 1190. The summed E-state index contributed by atoms with van der Waals surface area (Å²) >= 11 is 1.79. The lowest BCUT2D eigenvalue weighted by atomic mass is 10.1. The Hall–Kier alpha value is -2.41. The molecule has 0 bridgehead atoms. The van der Waals surface area contributed by atoms with Gasteiger partial charge in [0.15, 0.2) is 0 Å². The number of rotatable bonds is 7. The lowest BCUT2D eigenvalue weighted by molar-refractivity contribution is -0.138. The lowest BCUT2D eigenvalue weighted by Gasteiger charge is -2.30. The minimum Gasteiger partial charge on any atom is -0.381 e. The molecule has 0 aromatic carbocycles. The van der Waals surface area contributed by atoms with Crippen LogP contribution in [-0.4, -0.2) is 82.0 Å². The van der Waals surface area contributed by atoms with E-state index in [0.717, 1.165) is 63.1 Å². The van der Waals surface area contributed by atoms with Crippen LogP contribution in [0.3, 0.4) is 0 Å². The summed E-state index contributed by atoms with van der Waals surface area (Å²) in [4.78, 5) is 34.1. The second kappa shape index (κ2) is 12.4. The summed E-state index contributed by atoms with van der Waals surface area (Å²) in [5, 5.41) is 3.41. The van der Waals surface area contributed by atoms with Gasteiger partial charge >= 0.3 is 6.18 Å². The van der Waals surface area contributed by atoms with Crippen LogP contribution in [0.15, 0.2) is 41.3 Å². The molecule has 0 aliphatic carbocycles. The van der Waals surface area contributed by atoms with Crippen molar-refractivity contribution in [3.05, 3.63) is 63.8 Å². The molecule has 39 heavy (non-hydrogen) atoms. The Labute approximate surface area is 229 Å². The van der Waals surface area contributed by atoms with Crippen LogP contribution < -0.4 is 10.9 Å². The normalized spacial score (nSPS) is 24.7. The van der Waals surface area contributed by atoms with Crippen LogP contribution in [0.1, 0.15) is 36.2 Å². The predicted octanol–water partition coefficient (Wildman–Crippen LogP) is 2.75. The third-order valence-electron chi connectivity index (χ3n) is 7.68. The molecule has 3 atom stereocenters. The van der Waals surface area contributed by atoms with Crippen LogP contribution in [-0.2, 0) is 34.6 Å². The summed E-state index contributed by atoms with van der Waals surface area (Å²) in [6.07, 6.45) is 0.271. The molecular weight excluding hydrogens is 531 g/mol. The molecule has 2 unspecified atom stereocenters. The zero-order chi connectivity index (χ0) is 27.4. The van der Waals surface area contributed by atoms with Crippen LogP contribution in [0.2, 0.25) is 0 Å². The molecule has 2 aromatic heterocycles. The number of carbonyl (C=O) groups excluding carboxylic acids is 1. The predicted molar refractivity (Wildman–Crippen MR) is 142 cm³/mol. The maximum Gasteiger partial charge on any atom is 0.416 e. The number of nitrogens with zero attached hydrogens (tertiary/aromatic N) is 4. The molecule has 2 aromatic rings. The van der Waals surface area contributed by atoms with Crippen molar-refractivity contribution in [2.75, 3.05) is 39.4 Å². The Morgan fingerprint density at radius 1 is 1.15 bits per heavy atom. The van der Waals surface area contributed by atoms with Crippen molar-refractivity contribution in [3.63, 3.8) is 0 Å². The second-order valence-electron chi connectivity index (χ2n) is 10.4. The van der Waals surface area contributed by atoms with Crippen molar-refractivity contribution in [2.45, 2.75) is 61.6 Å². The molecule has 2 fully saturated rings. The summed E-state index contributed by atoms with van der Waals surface area (Å²) in [7, 11) is 0. The number of thioether (sulfide) groups is 1. The summed E-state index contributed by atoms with van der Waals surface area (Å²) in [6, 6.07) is 7.89. The lowest BCUT2D eigenvalue weighted by Crippen LogP contribution is -2.48. The van der Waals surface area contributed by atoms with E-state index in [1.165, 1.54) is 4.57 Å². The van der Waals surface area contributed by atoms with Crippen molar-refractivity contribution in [2.24, 2.45) is 0 Å². The summed E-state index contributed by atoms with van der Waals surface area (Å²) in [5.74, 6) is 0.593. The van der Waals surface area contributed by atoms with Gasteiger partial charge in [-0.25, -0.2) is 0 Å². The highest BCUT2D eigenvalue weighted by Gasteiger charge is 2.38. The molecule has 2 saturated heterocycles. The van der Waals surface area contributed by atoms with Gasteiger partial charge in [0, 0.05) is 80.9 Å². The van der Waals surface area contributed by atoms with Crippen LogP contribution in [0.4, 0.5) is 13.2 Å². The molecule has 8 nitrogen and oxygen atoms in total. The first-order chi connectivity index (χ1) is 18.8. The number of carbonyl (C=O) groups is 1. The van der Waals surface area contributed by atoms with Crippen molar-refractivity contribution >= 4 is 17.7 Å². The second-order valence-corrected chi connectivity index (χ2v) is 11.7. The van der Waals surface area contributed by atoms with Crippen molar-refractivity contribution < 1.29 is 22.7 Å². The minimum atomic E-state index is -4.59. The molecule has 1 N–H and O–H groups in total. The number of nitrogens with one attached hydrogen (secondary N) is 1. The van der Waals surface area contributed by atoms with E-state index in [2.05, 4.69) is 15.2 Å². The zero-order valence-electron chi connectivity index (χ0n) is 21.7. The minimum absolute atomic E-state index is 0.0492. The van der Waals surface area contributed by atoms with Crippen LogP contribution >= 0.6 is 11.8 Å². The third kappa shape index (κ3) is 7.22. The number of hydrogen-bond acceptors (Lipinski definition) is 7. The fraction of sp³-hybridized carbons (Fsp3) is 0.593. The molecule has 0 saturated carbocycles. The number of hydrogen-bond donors (Lipinski definition) is 1. The number of amides is 1. The first-order valence-electron chi connectivity index (χ1n) is 13.4. The van der Waals surface area contributed by atoms with Gasteiger partial charge < -0.3 is 14.6 Å². The first-order valence-corrected chi connectivity index (χ1v) is 14.5. The largest absolute Gasteiger partial charge is 0.416 e. The van der Waals surface area contributed by atoms with Crippen LogP contribution in [0.25, 0.3) is 0 Å². The van der Waals surface area contributed by atoms with Gasteiger partial charge in [-0.1, -0.05) is 6.07 Å². The van der Waals surface area contributed by atoms with E-state index >= 15 is 0 Å². The molecule has 12 heteroatoms. The van der Waals surface area contributed by atoms with E-state index in [1.54, 1.807) is 22.9 Å². The quantitative estimate of drug-likeness (QED) is 0.553. The molecule has 1 amide bonds. The SMILES string of the molecule is O=C(CN1CCn2c(cc(C(F)(F)F)cc2=O)C1)NC1CN(C2CCCOCC2)C[C@@H]1SCc1ccccn1.